The van der Waals surface area contributed by atoms with E-state index in [2.05, 4.69) is 10.6 Å². The summed E-state index contributed by atoms with van der Waals surface area (Å²) in [5.41, 5.74) is 0. The Morgan fingerprint density at radius 1 is 1.31 bits per heavy atom. The van der Waals surface area contributed by atoms with Crippen molar-refractivity contribution < 1.29 is 14.3 Å². The molecule has 0 rings (SSSR count). The van der Waals surface area contributed by atoms with Crippen LogP contribution in [0, 0.1) is 0 Å². The molecule has 0 saturated carbocycles. The van der Waals surface area contributed by atoms with Crippen LogP contribution in [0.4, 0.5) is 0 Å². The van der Waals surface area contributed by atoms with Gasteiger partial charge in [-0.1, -0.05) is 0 Å². The molecule has 0 aromatic heterocycles. The number of methoxy groups -OCH3 is 1. The van der Waals surface area contributed by atoms with Crippen LogP contribution in [-0.2, 0) is 14.3 Å². The van der Waals surface area contributed by atoms with Crippen molar-refractivity contribution in [3.63, 3.8) is 0 Å². The van der Waals surface area contributed by atoms with Crippen molar-refractivity contribution in [3.8, 4) is 0 Å². The lowest BCUT2D eigenvalue weighted by Gasteiger charge is -2.07. The first-order valence-electron chi connectivity index (χ1n) is 4.15. The third kappa shape index (κ3) is 6.10. The Morgan fingerprint density at radius 2 is 1.92 bits per heavy atom. The topological polar surface area (TPSA) is 67.4 Å². The molecular weight excluding hydrogens is 172 g/mol. The minimum Gasteiger partial charge on any atom is -0.383 e. The van der Waals surface area contributed by atoms with E-state index in [1.165, 1.54) is 7.11 Å². The summed E-state index contributed by atoms with van der Waals surface area (Å²) in [7, 11) is 1.53. The summed E-state index contributed by atoms with van der Waals surface area (Å²) in [6.07, 6.45) is 0. The Morgan fingerprint density at radius 3 is 2.38 bits per heavy atom. The lowest BCUT2D eigenvalue weighted by molar-refractivity contribution is -0.139. The predicted molar refractivity (Wildman–Crippen MR) is 48.2 cm³/mol. The normalized spacial score (nSPS) is 9.85. The fourth-order valence-corrected chi connectivity index (χ4v) is 0.675. The summed E-state index contributed by atoms with van der Waals surface area (Å²) in [5, 5.41) is 4.89. The quantitative estimate of drug-likeness (QED) is 0.451. The minimum atomic E-state index is -0.620. The zero-order chi connectivity index (χ0) is 10.3. The number of amides is 2. The van der Waals surface area contributed by atoms with Gasteiger partial charge in [-0.25, -0.2) is 0 Å². The number of hydrogen-bond donors (Lipinski definition) is 2. The first kappa shape index (κ1) is 11.9. The number of carbonyl (C=O) groups excluding carboxylic acids is 2. The van der Waals surface area contributed by atoms with Crippen LogP contribution in [0.5, 0.6) is 0 Å². The average Bonchev–Trinajstić information content (AvgIpc) is 2.03. The molecule has 0 saturated heterocycles. The summed E-state index contributed by atoms with van der Waals surface area (Å²) in [6, 6.07) is -0.0272. The van der Waals surface area contributed by atoms with Gasteiger partial charge in [-0.15, -0.1) is 0 Å². The monoisotopic (exact) mass is 188 g/mol. The lowest BCUT2D eigenvalue weighted by atomic mass is 10.4. The van der Waals surface area contributed by atoms with Gasteiger partial charge in [0.2, 0.25) is 0 Å². The molecule has 0 aromatic carbocycles. The molecule has 5 nitrogen and oxygen atoms in total. The lowest BCUT2D eigenvalue weighted by Crippen LogP contribution is -2.43. The molecule has 0 aliphatic carbocycles. The Kier molecular flexibility index (Phi) is 5.88. The molecule has 0 fully saturated rings. The maximum Gasteiger partial charge on any atom is 0.309 e. The second-order valence-electron chi connectivity index (χ2n) is 2.88. The van der Waals surface area contributed by atoms with E-state index in [9.17, 15) is 9.59 Å². The molecule has 2 N–H and O–H groups in total. The van der Waals surface area contributed by atoms with Crippen LogP contribution in [0.3, 0.4) is 0 Å². The Balaban J connectivity index is 3.64. The number of nitrogens with one attached hydrogen (secondary N) is 2. The van der Waals surface area contributed by atoms with Gasteiger partial charge in [-0.2, -0.15) is 0 Å². The second-order valence-corrected chi connectivity index (χ2v) is 2.88. The Labute approximate surface area is 77.8 Å². The van der Waals surface area contributed by atoms with Crippen LogP contribution in [0.2, 0.25) is 0 Å². The fourth-order valence-electron chi connectivity index (χ4n) is 0.675. The largest absolute Gasteiger partial charge is 0.383 e. The maximum atomic E-state index is 11.0. The number of ether oxygens (including phenoxy) is 1. The van der Waals surface area contributed by atoms with Gasteiger partial charge in [-0.05, 0) is 13.8 Å². The highest BCUT2D eigenvalue weighted by atomic mass is 16.5. The third-order valence-electron chi connectivity index (χ3n) is 1.22. The molecule has 0 atom stereocenters. The van der Waals surface area contributed by atoms with Gasteiger partial charge in [0, 0.05) is 19.7 Å². The molecule has 5 heteroatoms. The van der Waals surface area contributed by atoms with Crippen molar-refractivity contribution in [2.75, 3.05) is 20.3 Å². The zero-order valence-corrected chi connectivity index (χ0v) is 8.22. The molecule has 0 bridgehead atoms. The van der Waals surface area contributed by atoms with Crippen LogP contribution >= 0.6 is 0 Å². The molecule has 0 unspecified atom stereocenters. The van der Waals surface area contributed by atoms with Gasteiger partial charge in [0.25, 0.3) is 0 Å². The maximum absolute atomic E-state index is 11.0. The molecule has 0 aliphatic rings. The number of carbonyl (C=O) groups is 2. The van der Waals surface area contributed by atoms with Crippen molar-refractivity contribution in [3.05, 3.63) is 0 Å². The van der Waals surface area contributed by atoms with Crippen molar-refractivity contribution in [2.45, 2.75) is 19.9 Å². The van der Waals surface area contributed by atoms with Gasteiger partial charge in [0.15, 0.2) is 0 Å². The summed E-state index contributed by atoms with van der Waals surface area (Å²) in [4.78, 5) is 22.0. The van der Waals surface area contributed by atoms with Crippen LogP contribution in [0.1, 0.15) is 13.8 Å². The van der Waals surface area contributed by atoms with Crippen LogP contribution in [0.15, 0.2) is 0 Å². The van der Waals surface area contributed by atoms with Gasteiger partial charge >= 0.3 is 11.8 Å². The molecule has 0 heterocycles. The predicted octanol–water partition coefficient (Wildman–Crippen LogP) is -0.726. The molecule has 0 radical (unpaired) electrons. The van der Waals surface area contributed by atoms with Gasteiger partial charge in [0.05, 0.1) is 6.61 Å². The van der Waals surface area contributed by atoms with Crippen LogP contribution in [0.25, 0.3) is 0 Å². The molecule has 13 heavy (non-hydrogen) atoms. The SMILES string of the molecule is COCCNC(=O)C(=O)NC(C)C. The van der Waals surface area contributed by atoms with Gasteiger partial charge in [0.1, 0.15) is 0 Å². The summed E-state index contributed by atoms with van der Waals surface area (Å²) >= 11 is 0. The molecule has 0 aliphatic heterocycles. The third-order valence-corrected chi connectivity index (χ3v) is 1.22. The van der Waals surface area contributed by atoms with E-state index in [1.807, 2.05) is 0 Å². The standard InChI is InChI=1S/C8H16N2O3/c1-6(2)10-8(12)7(11)9-4-5-13-3/h6H,4-5H2,1-3H3,(H,9,11)(H,10,12). The summed E-state index contributed by atoms with van der Waals surface area (Å²) in [5.74, 6) is -1.23. The van der Waals surface area contributed by atoms with E-state index in [0.717, 1.165) is 0 Å². The molecule has 0 spiro atoms. The summed E-state index contributed by atoms with van der Waals surface area (Å²) in [6.45, 7) is 4.34. The molecular formula is C8H16N2O3. The molecule has 2 amide bonds. The van der Waals surface area contributed by atoms with E-state index < -0.39 is 11.8 Å². The highest BCUT2D eigenvalue weighted by Crippen LogP contribution is 1.77. The zero-order valence-electron chi connectivity index (χ0n) is 8.22. The minimum absolute atomic E-state index is 0.0272. The van der Waals surface area contributed by atoms with E-state index in [0.29, 0.717) is 13.2 Å². The van der Waals surface area contributed by atoms with Gasteiger partial charge in [-0.3, -0.25) is 9.59 Å². The fraction of sp³-hybridized carbons (Fsp3) is 0.750. The van der Waals surface area contributed by atoms with Gasteiger partial charge < -0.3 is 15.4 Å². The van der Waals surface area contributed by atoms with Crippen LogP contribution in [-0.4, -0.2) is 38.1 Å². The van der Waals surface area contributed by atoms with E-state index in [4.69, 9.17) is 4.74 Å². The Hall–Kier alpha value is -1.10. The van der Waals surface area contributed by atoms with Crippen molar-refractivity contribution in [1.82, 2.24) is 10.6 Å². The van der Waals surface area contributed by atoms with Crippen LogP contribution < -0.4 is 10.6 Å². The second kappa shape index (κ2) is 6.42. The number of rotatable bonds is 4. The van der Waals surface area contributed by atoms with Crippen molar-refractivity contribution in [2.24, 2.45) is 0 Å². The van der Waals surface area contributed by atoms with E-state index in [1.54, 1.807) is 13.8 Å². The highest BCUT2D eigenvalue weighted by Gasteiger charge is 2.12. The van der Waals surface area contributed by atoms with E-state index in [-0.39, 0.29) is 6.04 Å². The smallest absolute Gasteiger partial charge is 0.309 e. The van der Waals surface area contributed by atoms with Crippen molar-refractivity contribution >= 4 is 11.8 Å². The van der Waals surface area contributed by atoms with E-state index >= 15 is 0 Å². The molecule has 0 aromatic rings. The average molecular weight is 188 g/mol. The molecule has 76 valence electrons. The first-order valence-corrected chi connectivity index (χ1v) is 4.15. The Bertz CT molecular complexity index is 180. The first-order chi connectivity index (χ1) is 6.07. The summed E-state index contributed by atoms with van der Waals surface area (Å²) < 4.78 is 4.71. The van der Waals surface area contributed by atoms with Crippen molar-refractivity contribution in [1.29, 1.82) is 0 Å². The number of hydrogen-bond acceptors (Lipinski definition) is 3. The highest BCUT2D eigenvalue weighted by molar-refractivity contribution is 6.35.